The summed E-state index contributed by atoms with van der Waals surface area (Å²) < 4.78 is 12.9. The molecule has 164 valence electrons. The second-order valence-corrected chi connectivity index (χ2v) is 24.0. The van der Waals surface area contributed by atoms with E-state index in [1.54, 1.807) is 0 Å². The number of rotatable bonds is 8. The monoisotopic (exact) mass is 450 g/mol. The van der Waals surface area contributed by atoms with Gasteiger partial charge in [0, 0.05) is 12.1 Å². The van der Waals surface area contributed by atoms with Crippen molar-refractivity contribution in [1.82, 2.24) is 9.34 Å². The van der Waals surface area contributed by atoms with Crippen molar-refractivity contribution in [3.05, 3.63) is 35.9 Å². The van der Waals surface area contributed by atoms with Crippen molar-refractivity contribution in [3.63, 3.8) is 0 Å². The van der Waals surface area contributed by atoms with E-state index in [0.29, 0.717) is 12.1 Å². The van der Waals surface area contributed by atoms with Crippen molar-refractivity contribution in [1.29, 1.82) is 0 Å². The molecule has 0 unspecified atom stereocenters. The third kappa shape index (κ3) is 6.24. The SMILES string of the molecule is CC[C@H](OP1N(C[Si](C)(C)C)[C@@H]2CCCC[C@H]2N1C[Si](C)(C)C)c1ccccc1. The van der Waals surface area contributed by atoms with Crippen LogP contribution in [0.3, 0.4) is 0 Å². The molecule has 0 aromatic heterocycles. The second-order valence-electron chi connectivity index (χ2n) is 11.4. The zero-order valence-corrected chi connectivity index (χ0v) is 22.7. The van der Waals surface area contributed by atoms with Crippen LogP contribution >= 0.6 is 8.45 Å². The van der Waals surface area contributed by atoms with Gasteiger partial charge >= 0.3 is 0 Å². The smallest absolute Gasteiger partial charge is 0.188 e. The molecule has 1 saturated carbocycles. The van der Waals surface area contributed by atoms with Gasteiger partial charge in [-0.25, -0.2) is 9.34 Å². The Morgan fingerprint density at radius 1 is 0.897 bits per heavy atom. The van der Waals surface area contributed by atoms with Gasteiger partial charge in [-0.05, 0) is 37.2 Å². The molecule has 2 fully saturated rings. The Balaban J connectivity index is 1.93. The van der Waals surface area contributed by atoms with Crippen LogP contribution in [0, 0.1) is 0 Å². The molecule has 1 aliphatic heterocycles. The van der Waals surface area contributed by atoms with Crippen molar-refractivity contribution >= 4 is 24.6 Å². The van der Waals surface area contributed by atoms with Crippen molar-refractivity contribution in [2.75, 3.05) is 12.3 Å². The maximum absolute atomic E-state index is 7.12. The fourth-order valence-corrected chi connectivity index (χ4v) is 12.8. The van der Waals surface area contributed by atoms with Gasteiger partial charge in [-0.3, -0.25) is 0 Å². The average Bonchev–Trinajstić information content (AvgIpc) is 2.90. The van der Waals surface area contributed by atoms with E-state index in [1.165, 1.54) is 43.6 Å². The minimum atomic E-state index is -1.22. The maximum atomic E-state index is 7.12. The zero-order chi connectivity index (χ0) is 21.2. The van der Waals surface area contributed by atoms with Crippen LogP contribution in [0.25, 0.3) is 0 Å². The molecule has 1 heterocycles. The Hall–Kier alpha value is -0.0362. The van der Waals surface area contributed by atoms with Gasteiger partial charge in [0.15, 0.2) is 8.45 Å². The molecule has 29 heavy (non-hydrogen) atoms. The zero-order valence-electron chi connectivity index (χ0n) is 19.8. The first-order valence-corrected chi connectivity index (χ1v) is 20.2. The van der Waals surface area contributed by atoms with Crippen LogP contribution in [0.1, 0.15) is 50.7 Å². The quantitative estimate of drug-likeness (QED) is 0.311. The largest absolute Gasteiger partial charge is 0.323 e. The fraction of sp³-hybridized carbons (Fsp3) is 0.739. The Morgan fingerprint density at radius 2 is 1.38 bits per heavy atom. The highest BCUT2D eigenvalue weighted by Crippen LogP contribution is 2.60. The third-order valence-electron chi connectivity index (χ3n) is 5.94. The Kier molecular flexibility index (Phi) is 7.84. The topological polar surface area (TPSA) is 15.7 Å². The van der Waals surface area contributed by atoms with E-state index in [0.717, 1.165) is 6.42 Å². The summed E-state index contributed by atoms with van der Waals surface area (Å²) in [7, 11) is -3.13. The van der Waals surface area contributed by atoms with Gasteiger partial charge in [-0.15, -0.1) is 0 Å². The molecular weight excluding hydrogens is 407 g/mol. The van der Waals surface area contributed by atoms with Crippen LogP contribution in [0.15, 0.2) is 30.3 Å². The fourth-order valence-electron chi connectivity index (χ4n) is 4.79. The number of nitrogens with zero attached hydrogens (tertiary/aromatic N) is 2. The number of hydrogen-bond acceptors (Lipinski definition) is 3. The summed E-state index contributed by atoms with van der Waals surface area (Å²) >= 11 is 0. The maximum Gasteiger partial charge on any atom is 0.188 e. The van der Waals surface area contributed by atoms with Crippen molar-refractivity contribution in [3.8, 4) is 0 Å². The molecule has 6 heteroatoms. The van der Waals surface area contributed by atoms with E-state index in [2.05, 4.69) is 85.9 Å². The van der Waals surface area contributed by atoms with Crippen LogP contribution in [0.2, 0.25) is 39.3 Å². The Bertz CT molecular complexity index is 615. The van der Waals surface area contributed by atoms with Crippen LogP contribution in [0.5, 0.6) is 0 Å². The summed E-state index contributed by atoms with van der Waals surface area (Å²) in [6.45, 7) is 17.4. The molecule has 3 rings (SSSR count). The molecule has 0 amide bonds. The first kappa shape index (κ1) is 23.6. The minimum Gasteiger partial charge on any atom is -0.323 e. The van der Waals surface area contributed by atoms with Crippen LogP contribution < -0.4 is 0 Å². The summed E-state index contributed by atoms with van der Waals surface area (Å²) in [5.74, 6) is 0. The van der Waals surface area contributed by atoms with Gasteiger partial charge in [-0.2, -0.15) is 0 Å². The van der Waals surface area contributed by atoms with Crippen LogP contribution in [0.4, 0.5) is 0 Å². The van der Waals surface area contributed by atoms with E-state index in [-0.39, 0.29) is 6.10 Å². The molecule has 0 N–H and O–H groups in total. The van der Waals surface area contributed by atoms with E-state index in [4.69, 9.17) is 4.52 Å². The van der Waals surface area contributed by atoms with E-state index < -0.39 is 24.6 Å². The third-order valence-corrected chi connectivity index (χ3v) is 11.2. The normalized spacial score (nSPS) is 25.9. The highest BCUT2D eigenvalue weighted by atomic mass is 31.2. The Labute approximate surface area is 183 Å². The van der Waals surface area contributed by atoms with E-state index in [9.17, 15) is 0 Å². The van der Waals surface area contributed by atoms with Crippen LogP contribution in [-0.2, 0) is 4.52 Å². The summed E-state index contributed by atoms with van der Waals surface area (Å²) in [6, 6.07) is 12.3. The van der Waals surface area contributed by atoms with Crippen LogP contribution in [-0.4, -0.2) is 49.9 Å². The molecule has 2 aliphatic rings. The summed E-state index contributed by atoms with van der Waals surface area (Å²) in [4.78, 5) is 0. The lowest BCUT2D eigenvalue weighted by Gasteiger charge is -2.37. The van der Waals surface area contributed by atoms with E-state index >= 15 is 0 Å². The van der Waals surface area contributed by atoms with E-state index in [1.807, 2.05) is 0 Å². The molecule has 1 aromatic carbocycles. The van der Waals surface area contributed by atoms with Crippen molar-refractivity contribution in [2.45, 2.75) is 96.5 Å². The standard InChI is InChI=1S/C23H43N2OPSi2/c1-8-23(20-14-10-9-11-15-20)26-27-24(18-28(2,3)4)21-16-12-13-17-22(21)25(27)19-29(5,6)7/h9-11,14-15,21-23H,8,12-13,16-19H2,1-7H3/t21-,22-,23+/m1/s1. The van der Waals surface area contributed by atoms with Gasteiger partial charge in [0.1, 0.15) is 0 Å². The Morgan fingerprint density at radius 3 is 1.79 bits per heavy atom. The lowest BCUT2D eigenvalue weighted by Crippen LogP contribution is -2.46. The molecule has 3 atom stereocenters. The van der Waals surface area contributed by atoms with Gasteiger partial charge < -0.3 is 4.52 Å². The average molecular weight is 451 g/mol. The van der Waals surface area contributed by atoms with Gasteiger partial charge in [0.05, 0.1) is 22.3 Å². The van der Waals surface area contributed by atoms with Gasteiger partial charge in [0.2, 0.25) is 0 Å². The molecule has 3 nitrogen and oxygen atoms in total. The molecule has 1 saturated heterocycles. The first-order chi connectivity index (χ1) is 13.6. The van der Waals surface area contributed by atoms with Gasteiger partial charge in [-0.1, -0.05) is 89.4 Å². The predicted molar refractivity (Wildman–Crippen MR) is 134 cm³/mol. The first-order valence-electron chi connectivity index (χ1n) is 11.6. The lowest BCUT2D eigenvalue weighted by atomic mass is 9.90. The van der Waals surface area contributed by atoms with Crippen molar-refractivity contribution in [2.24, 2.45) is 0 Å². The van der Waals surface area contributed by atoms with Gasteiger partial charge in [0.25, 0.3) is 0 Å². The molecule has 1 aromatic rings. The highest BCUT2D eigenvalue weighted by molar-refractivity contribution is 7.48. The second kappa shape index (κ2) is 9.62. The molecule has 0 radical (unpaired) electrons. The molecule has 0 spiro atoms. The molecular formula is C23H43N2OPSi2. The van der Waals surface area contributed by atoms with Crippen molar-refractivity contribution < 1.29 is 4.52 Å². The summed E-state index contributed by atoms with van der Waals surface area (Å²) in [5.41, 5.74) is 1.34. The molecule has 1 aliphatic carbocycles. The lowest BCUT2D eigenvalue weighted by molar-refractivity contribution is 0.196. The number of fused-ring (bicyclic) bond motifs is 1. The highest BCUT2D eigenvalue weighted by Gasteiger charge is 2.51. The summed E-state index contributed by atoms with van der Waals surface area (Å²) in [6.07, 6.45) is 9.30. The summed E-state index contributed by atoms with van der Waals surface area (Å²) in [5, 5.41) is 0. The molecule has 0 bridgehead atoms. The minimum absolute atomic E-state index is 0.204. The number of benzene rings is 1. The predicted octanol–water partition coefficient (Wildman–Crippen LogP) is 7.06. The number of hydrogen-bond donors (Lipinski definition) is 0.